The Hall–Kier alpha value is -1.46. The molecule has 2 N–H and O–H groups in total. The molecule has 0 aliphatic heterocycles. The number of hydrogen-bond acceptors (Lipinski definition) is 4. The van der Waals surface area contributed by atoms with E-state index in [-0.39, 0.29) is 11.6 Å². The Morgan fingerprint density at radius 1 is 1.44 bits per heavy atom. The number of nitrogens with zero attached hydrogens (tertiary/aromatic N) is 1. The molecule has 0 bridgehead atoms. The quantitative estimate of drug-likeness (QED) is 0.905. The number of halogens is 1. The van der Waals surface area contributed by atoms with E-state index in [2.05, 4.69) is 4.98 Å². The molecule has 2 aromatic rings. The summed E-state index contributed by atoms with van der Waals surface area (Å²) in [5, 5.41) is 0.974. The van der Waals surface area contributed by atoms with Crippen LogP contribution in [0.5, 0.6) is 5.75 Å². The molecule has 0 atom stereocenters. The van der Waals surface area contributed by atoms with Gasteiger partial charge in [0.2, 0.25) is 0 Å². The second kappa shape index (κ2) is 5.93. The predicted molar refractivity (Wildman–Crippen MR) is 71.4 cm³/mol. The van der Waals surface area contributed by atoms with E-state index in [9.17, 15) is 4.39 Å². The second-order valence-electron chi connectivity index (χ2n) is 3.74. The van der Waals surface area contributed by atoms with Crippen molar-refractivity contribution in [2.24, 2.45) is 5.73 Å². The van der Waals surface area contributed by atoms with Gasteiger partial charge in [-0.3, -0.25) is 0 Å². The minimum Gasteiger partial charge on any atom is -0.491 e. The summed E-state index contributed by atoms with van der Waals surface area (Å²) in [7, 11) is 0. The summed E-state index contributed by atoms with van der Waals surface area (Å²) >= 11 is 1.54. The summed E-state index contributed by atoms with van der Waals surface area (Å²) in [6.45, 7) is 2.86. The highest BCUT2D eigenvalue weighted by atomic mass is 32.1. The molecular weight excluding hydrogens is 251 g/mol. The number of rotatable bonds is 5. The summed E-state index contributed by atoms with van der Waals surface area (Å²) in [5.41, 5.74) is 6.29. The van der Waals surface area contributed by atoms with Crippen LogP contribution in [-0.2, 0) is 6.42 Å². The zero-order chi connectivity index (χ0) is 13.0. The smallest absolute Gasteiger partial charge is 0.165 e. The van der Waals surface area contributed by atoms with E-state index in [1.54, 1.807) is 12.3 Å². The summed E-state index contributed by atoms with van der Waals surface area (Å²) in [5.74, 6) is -0.0592. The molecule has 2 rings (SSSR count). The first-order valence-electron chi connectivity index (χ1n) is 5.82. The van der Waals surface area contributed by atoms with Crippen molar-refractivity contribution in [1.82, 2.24) is 4.98 Å². The minimum absolute atomic E-state index is 0.285. The monoisotopic (exact) mass is 266 g/mol. The van der Waals surface area contributed by atoms with Crippen molar-refractivity contribution in [3.05, 3.63) is 35.2 Å². The van der Waals surface area contributed by atoms with E-state index in [0.717, 1.165) is 21.9 Å². The maximum atomic E-state index is 13.7. The van der Waals surface area contributed by atoms with Crippen LogP contribution in [0, 0.1) is 5.82 Å². The largest absolute Gasteiger partial charge is 0.491 e. The average molecular weight is 266 g/mol. The predicted octanol–water partition coefficient (Wildman–Crippen LogP) is 2.85. The third kappa shape index (κ3) is 2.86. The van der Waals surface area contributed by atoms with Crippen molar-refractivity contribution in [3.63, 3.8) is 0 Å². The molecule has 5 heteroatoms. The van der Waals surface area contributed by atoms with Gasteiger partial charge in [0, 0.05) is 12.6 Å². The van der Waals surface area contributed by atoms with Gasteiger partial charge in [-0.1, -0.05) is 0 Å². The first-order chi connectivity index (χ1) is 8.74. The molecular formula is C13H15FN2OS. The molecule has 0 saturated heterocycles. The van der Waals surface area contributed by atoms with Crippen LogP contribution in [-0.4, -0.2) is 18.1 Å². The lowest BCUT2D eigenvalue weighted by molar-refractivity contribution is 0.321. The van der Waals surface area contributed by atoms with Crippen LogP contribution in [0.3, 0.4) is 0 Å². The van der Waals surface area contributed by atoms with Gasteiger partial charge in [0.05, 0.1) is 16.5 Å². The fraction of sp³-hybridized carbons (Fsp3) is 0.308. The van der Waals surface area contributed by atoms with Gasteiger partial charge in [-0.15, -0.1) is 11.3 Å². The average Bonchev–Trinajstić information content (AvgIpc) is 2.81. The Kier molecular flexibility index (Phi) is 4.28. The number of thiazole rings is 1. The van der Waals surface area contributed by atoms with E-state index in [1.807, 2.05) is 13.0 Å². The Morgan fingerprint density at radius 2 is 2.28 bits per heavy atom. The molecule has 0 fully saturated rings. The maximum absolute atomic E-state index is 13.7. The lowest BCUT2D eigenvalue weighted by Gasteiger charge is -2.05. The fourth-order valence-corrected chi connectivity index (χ4v) is 2.54. The summed E-state index contributed by atoms with van der Waals surface area (Å²) in [6, 6.07) is 4.97. The van der Waals surface area contributed by atoms with Gasteiger partial charge in [0.1, 0.15) is 0 Å². The van der Waals surface area contributed by atoms with Crippen molar-refractivity contribution < 1.29 is 9.13 Å². The van der Waals surface area contributed by atoms with Crippen LogP contribution in [0.25, 0.3) is 10.4 Å². The molecule has 0 unspecified atom stereocenters. The fourth-order valence-electron chi connectivity index (χ4n) is 1.61. The molecule has 0 spiro atoms. The van der Waals surface area contributed by atoms with E-state index < -0.39 is 0 Å². The standard InChI is InChI=1S/C13H15FN2OS/c1-2-17-11-4-3-9(7-10(11)14)12-8-16-13(18-12)5-6-15/h3-4,7-8H,2,5-6,15H2,1H3. The highest BCUT2D eigenvalue weighted by Crippen LogP contribution is 2.29. The van der Waals surface area contributed by atoms with Crippen molar-refractivity contribution in [1.29, 1.82) is 0 Å². The molecule has 18 heavy (non-hydrogen) atoms. The van der Waals surface area contributed by atoms with Gasteiger partial charge >= 0.3 is 0 Å². The summed E-state index contributed by atoms with van der Waals surface area (Å²) in [6.07, 6.45) is 2.51. The van der Waals surface area contributed by atoms with Gasteiger partial charge in [-0.25, -0.2) is 9.37 Å². The summed E-state index contributed by atoms with van der Waals surface area (Å²) in [4.78, 5) is 5.20. The van der Waals surface area contributed by atoms with Crippen molar-refractivity contribution in [3.8, 4) is 16.2 Å². The van der Waals surface area contributed by atoms with Gasteiger partial charge < -0.3 is 10.5 Å². The molecule has 0 aliphatic rings. The molecule has 0 aliphatic carbocycles. The van der Waals surface area contributed by atoms with E-state index in [0.29, 0.717) is 13.2 Å². The highest BCUT2D eigenvalue weighted by Gasteiger charge is 2.08. The van der Waals surface area contributed by atoms with Gasteiger partial charge in [-0.2, -0.15) is 0 Å². The van der Waals surface area contributed by atoms with Crippen LogP contribution in [0.1, 0.15) is 11.9 Å². The van der Waals surface area contributed by atoms with Crippen LogP contribution < -0.4 is 10.5 Å². The van der Waals surface area contributed by atoms with Crippen LogP contribution in [0.15, 0.2) is 24.4 Å². The van der Waals surface area contributed by atoms with Gasteiger partial charge in [0.25, 0.3) is 0 Å². The SMILES string of the molecule is CCOc1ccc(-c2cnc(CCN)s2)cc1F. The Balaban J connectivity index is 2.24. The molecule has 1 heterocycles. The van der Waals surface area contributed by atoms with Gasteiger partial charge in [-0.05, 0) is 37.2 Å². The Morgan fingerprint density at radius 3 is 2.94 bits per heavy atom. The summed E-state index contributed by atoms with van der Waals surface area (Å²) < 4.78 is 18.9. The zero-order valence-electron chi connectivity index (χ0n) is 10.1. The zero-order valence-corrected chi connectivity index (χ0v) is 11.0. The lowest BCUT2D eigenvalue weighted by atomic mass is 10.2. The maximum Gasteiger partial charge on any atom is 0.165 e. The minimum atomic E-state index is -0.344. The van der Waals surface area contributed by atoms with Crippen molar-refractivity contribution >= 4 is 11.3 Å². The molecule has 0 saturated carbocycles. The topological polar surface area (TPSA) is 48.1 Å². The first-order valence-corrected chi connectivity index (χ1v) is 6.63. The number of aromatic nitrogens is 1. The third-order valence-corrected chi connectivity index (χ3v) is 3.53. The molecule has 1 aromatic heterocycles. The first kappa shape index (κ1) is 13.0. The van der Waals surface area contributed by atoms with E-state index >= 15 is 0 Å². The third-order valence-electron chi connectivity index (χ3n) is 2.43. The van der Waals surface area contributed by atoms with E-state index in [1.165, 1.54) is 17.4 Å². The Bertz CT molecular complexity index is 527. The lowest BCUT2D eigenvalue weighted by Crippen LogP contribution is -2.01. The van der Waals surface area contributed by atoms with Crippen molar-refractivity contribution in [2.45, 2.75) is 13.3 Å². The highest BCUT2D eigenvalue weighted by molar-refractivity contribution is 7.15. The Labute approximate surface area is 109 Å². The molecule has 0 amide bonds. The molecule has 96 valence electrons. The van der Waals surface area contributed by atoms with Crippen LogP contribution in [0.4, 0.5) is 4.39 Å². The van der Waals surface area contributed by atoms with Gasteiger partial charge in [0.15, 0.2) is 11.6 Å². The van der Waals surface area contributed by atoms with Crippen molar-refractivity contribution in [2.75, 3.05) is 13.2 Å². The second-order valence-corrected chi connectivity index (χ2v) is 4.85. The van der Waals surface area contributed by atoms with Crippen LogP contribution >= 0.6 is 11.3 Å². The number of benzene rings is 1. The number of ether oxygens (including phenoxy) is 1. The number of nitrogens with two attached hydrogens (primary N) is 1. The number of hydrogen-bond donors (Lipinski definition) is 1. The molecule has 0 radical (unpaired) electrons. The molecule has 3 nitrogen and oxygen atoms in total. The molecule has 1 aromatic carbocycles. The van der Waals surface area contributed by atoms with E-state index in [4.69, 9.17) is 10.5 Å². The van der Waals surface area contributed by atoms with Crippen LogP contribution in [0.2, 0.25) is 0 Å². The normalized spacial score (nSPS) is 10.6.